The first-order valence-electron chi connectivity index (χ1n) is 9.76. The van der Waals surface area contributed by atoms with Crippen molar-refractivity contribution >= 4 is 28.9 Å². The number of nitrogens with one attached hydrogen (secondary N) is 1. The largest absolute Gasteiger partial charge is 0.464 e. The Morgan fingerprint density at radius 2 is 0.967 bits per heavy atom. The number of para-hydroxylation sites is 1. The van der Waals surface area contributed by atoms with Crippen molar-refractivity contribution in [3.05, 3.63) is 133 Å². The summed E-state index contributed by atoms with van der Waals surface area (Å²) in [5, 5.41) is 17.6. The van der Waals surface area contributed by atoms with E-state index in [1.807, 2.05) is 84.9 Å². The van der Waals surface area contributed by atoms with E-state index in [1.165, 1.54) is 0 Å². The Hall–Kier alpha value is -3.66. The Kier molecular flexibility index (Phi) is 6.04. The van der Waals surface area contributed by atoms with Crippen molar-refractivity contribution < 1.29 is 0 Å². The molecule has 0 aliphatic heterocycles. The zero-order valence-corrected chi connectivity index (χ0v) is 17.3. The van der Waals surface area contributed by atoms with Crippen molar-refractivity contribution in [2.24, 2.45) is 0 Å². The van der Waals surface area contributed by atoms with Gasteiger partial charge >= 0.3 is 0 Å². The smallest absolute Gasteiger partial charge is 0.129 e. The molecule has 0 heterocycles. The van der Waals surface area contributed by atoms with E-state index in [0.717, 1.165) is 21.6 Å². The first-order chi connectivity index (χ1) is 14.9. The van der Waals surface area contributed by atoms with Gasteiger partial charge in [-0.25, -0.2) is 0 Å². The van der Waals surface area contributed by atoms with E-state index >= 15 is 0 Å². The molecule has 0 aliphatic rings. The van der Waals surface area contributed by atoms with Crippen LogP contribution in [-0.2, 0) is 0 Å². The highest BCUT2D eigenvalue weighted by Gasteiger charge is 2.46. The van der Waals surface area contributed by atoms with Crippen LogP contribution >= 0.6 is 7.26 Å². The molecule has 0 saturated heterocycles. The van der Waals surface area contributed by atoms with Gasteiger partial charge in [-0.1, -0.05) is 90.6 Å². The van der Waals surface area contributed by atoms with E-state index < -0.39 is 7.26 Å². The van der Waals surface area contributed by atoms with Gasteiger partial charge in [-0.15, -0.1) is 0 Å². The topological polar surface area (TPSA) is 35.8 Å². The van der Waals surface area contributed by atoms with Crippen LogP contribution in [0.1, 0.15) is 0 Å². The molecule has 30 heavy (non-hydrogen) atoms. The van der Waals surface area contributed by atoms with Crippen molar-refractivity contribution in [3.63, 3.8) is 0 Å². The molecule has 0 aliphatic carbocycles. The molecule has 4 rings (SSSR count). The van der Waals surface area contributed by atoms with Gasteiger partial charge < -0.3 is 5.32 Å². The Bertz CT molecular complexity index is 1050. The van der Waals surface area contributed by atoms with Gasteiger partial charge in [0.05, 0.1) is 5.31 Å². The first-order valence-corrected chi connectivity index (χ1v) is 11.5. The molecule has 0 unspecified atom stereocenters. The fraction of sp³-hybridized carbons (Fsp3) is 0. The minimum absolute atomic E-state index is 0.606. The monoisotopic (exact) mass is 404 g/mol. The molecule has 0 atom stereocenters. The normalized spacial score (nSPS) is 11.5. The summed E-state index contributed by atoms with van der Waals surface area (Å²) in [5.74, 6) is 0. The minimum atomic E-state index is -2.42. The van der Waals surface area contributed by atoms with Crippen LogP contribution in [0.2, 0.25) is 0 Å². The molecule has 0 fully saturated rings. The third-order valence-corrected chi connectivity index (χ3v) is 9.07. The van der Waals surface area contributed by atoms with Crippen LogP contribution < -0.4 is 21.2 Å². The lowest BCUT2D eigenvalue weighted by atomic mass is 10.3. The van der Waals surface area contributed by atoms with Crippen LogP contribution in [0.3, 0.4) is 0 Å². The Labute approximate surface area is 178 Å². The highest BCUT2D eigenvalue weighted by atomic mass is 31.2. The van der Waals surface area contributed by atoms with Gasteiger partial charge in [0.2, 0.25) is 0 Å². The summed E-state index contributed by atoms with van der Waals surface area (Å²) in [6.45, 7) is 0. The van der Waals surface area contributed by atoms with Gasteiger partial charge in [0.1, 0.15) is 23.2 Å². The summed E-state index contributed by atoms with van der Waals surface area (Å²) < 4.78 is 0. The number of hydrogen-bond donors (Lipinski definition) is 1. The molecular formula is C27H21N2P. The summed E-state index contributed by atoms with van der Waals surface area (Å²) in [5.41, 5.74) is 0.900. The molecule has 144 valence electrons. The summed E-state index contributed by atoms with van der Waals surface area (Å²) >= 11 is 0. The Morgan fingerprint density at radius 3 is 1.33 bits per heavy atom. The molecule has 4 aromatic rings. The van der Waals surface area contributed by atoms with Crippen LogP contribution in [-0.4, -0.2) is 0 Å². The molecule has 3 heteroatoms. The van der Waals surface area contributed by atoms with Crippen molar-refractivity contribution in [3.8, 4) is 6.07 Å². The molecule has 1 N–H and O–H groups in total. The lowest BCUT2D eigenvalue weighted by Gasteiger charge is -2.29. The molecule has 4 aromatic carbocycles. The molecule has 0 amide bonds. The number of anilines is 1. The van der Waals surface area contributed by atoms with Crippen LogP contribution in [0.15, 0.2) is 127 Å². The standard InChI is InChI=1S/C27H21N2P/c28-21-27(22-29-23-13-5-1-6-14-23)30(24-15-7-2-8-16-24,25-17-9-3-10-18-25)26-19-11-4-12-20-26/h1-20,29H. The second kappa shape index (κ2) is 9.23. The maximum atomic E-state index is 10.4. The van der Waals surface area contributed by atoms with Gasteiger partial charge in [-0.2, -0.15) is 0 Å². The molecule has 0 saturated carbocycles. The molecule has 0 spiro atoms. The van der Waals surface area contributed by atoms with E-state index in [0.29, 0.717) is 5.31 Å². The van der Waals surface area contributed by atoms with Crippen molar-refractivity contribution in [2.75, 3.05) is 5.32 Å². The van der Waals surface area contributed by atoms with Crippen LogP contribution in [0, 0.1) is 17.5 Å². The molecule has 0 radical (unpaired) electrons. The van der Waals surface area contributed by atoms with E-state index in [1.54, 1.807) is 0 Å². The second-order valence-electron chi connectivity index (χ2n) is 6.75. The maximum Gasteiger partial charge on any atom is 0.129 e. The summed E-state index contributed by atoms with van der Waals surface area (Å²) in [4.78, 5) is 0. The highest BCUT2D eigenvalue weighted by molar-refractivity contribution is 7.99. The zero-order valence-electron chi connectivity index (χ0n) is 16.4. The minimum Gasteiger partial charge on any atom is -0.464 e. The van der Waals surface area contributed by atoms with Crippen LogP contribution in [0.4, 0.5) is 5.69 Å². The maximum absolute atomic E-state index is 10.4. The molecule has 0 bridgehead atoms. The highest BCUT2D eigenvalue weighted by Crippen LogP contribution is 2.61. The van der Waals surface area contributed by atoms with Crippen molar-refractivity contribution in [1.82, 2.24) is 0 Å². The number of hydrogen-bond acceptors (Lipinski definition) is 2. The van der Waals surface area contributed by atoms with Crippen molar-refractivity contribution in [1.29, 1.82) is 5.26 Å². The van der Waals surface area contributed by atoms with E-state index in [-0.39, 0.29) is 0 Å². The molecule has 0 aromatic heterocycles. The quantitative estimate of drug-likeness (QED) is 0.206. The zero-order chi connectivity index (χ0) is 20.7. The van der Waals surface area contributed by atoms with Gasteiger partial charge in [0.25, 0.3) is 0 Å². The Morgan fingerprint density at radius 1 is 0.600 bits per heavy atom. The third kappa shape index (κ3) is 3.77. The Balaban J connectivity index is 2.00. The fourth-order valence-electron chi connectivity index (χ4n) is 3.63. The SMILES string of the molecule is N#CC(=[C-]Nc1ccccc1)[P+](c1ccccc1)(c1ccccc1)c1ccccc1. The van der Waals surface area contributed by atoms with Crippen molar-refractivity contribution in [2.45, 2.75) is 0 Å². The predicted octanol–water partition coefficient (Wildman–Crippen LogP) is 5.26. The fourth-order valence-corrected chi connectivity index (χ4v) is 7.53. The first kappa shape index (κ1) is 19.6. The summed E-state index contributed by atoms with van der Waals surface area (Å²) in [6.07, 6.45) is 3.28. The summed E-state index contributed by atoms with van der Waals surface area (Å²) in [6, 6.07) is 43.3. The second-order valence-corrected chi connectivity index (χ2v) is 10.1. The van der Waals surface area contributed by atoms with Crippen LogP contribution in [0.25, 0.3) is 0 Å². The lowest BCUT2D eigenvalue weighted by molar-refractivity contribution is 1.48. The average Bonchev–Trinajstić information content (AvgIpc) is 2.84. The van der Waals surface area contributed by atoms with Gasteiger partial charge in [-0.3, -0.25) is 5.26 Å². The number of rotatable bonds is 6. The third-order valence-electron chi connectivity index (χ3n) is 4.97. The molecular weight excluding hydrogens is 383 g/mol. The average molecular weight is 404 g/mol. The molecule has 2 nitrogen and oxygen atoms in total. The summed E-state index contributed by atoms with van der Waals surface area (Å²) in [7, 11) is -2.42. The van der Waals surface area contributed by atoms with E-state index in [4.69, 9.17) is 0 Å². The van der Waals surface area contributed by atoms with E-state index in [2.05, 4.69) is 54.0 Å². The van der Waals surface area contributed by atoms with Gasteiger partial charge in [-0.05, 0) is 48.7 Å². The van der Waals surface area contributed by atoms with E-state index in [9.17, 15) is 5.26 Å². The van der Waals surface area contributed by atoms with Gasteiger partial charge in [0, 0.05) is 0 Å². The van der Waals surface area contributed by atoms with Crippen LogP contribution in [0.5, 0.6) is 0 Å². The number of benzene rings is 4. The number of allylic oxidation sites excluding steroid dienone is 1. The number of nitrogens with zero attached hydrogens (tertiary/aromatic N) is 1. The van der Waals surface area contributed by atoms with Gasteiger partial charge in [0.15, 0.2) is 0 Å². The lowest BCUT2D eigenvalue weighted by Crippen LogP contribution is -2.32. The number of nitriles is 1. The predicted molar refractivity (Wildman–Crippen MR) is 128 cm³/mol.